The average Bonchev–Trinajstić information content (AvgIpc) is 2.19. The van der Waals surface area contributed by atoms with Gasteiger partial charge in [-0.15, -0.1) is 11.6 Å². The van der Waals surface area contributed by atoms with Gasteiger partial charge >= 0.3 is 0 Å². The lowest BCUT2D eigenvalue weighted by Gasteiger charge is -2.17. The molecule has 0 bridgehead atoms. The third-order valence-corrected chi connectivity index (χ3v) is 2.06. The molecule has 0 saturated carbocycles. The largest absolute Gasteiger partial charge is 0.367 e. The Balaban J connectivity index is 2.59. The van der Waals surface area contributed by atoms with Gasteiger partial charge in [0.05, 0.1) is 12.4 Å². The first-order chi connectivity index (χ1) is 6.24. The molecule has 1 rings (SSSR count). The highest BCUT2D eigenvalue weighted by atomic mass is 35.5. The Kier molecular flexibility index (Phi) is 3.77. The normalized spacial score (nSPS) is 9.69. The number of carbonyl (C=O) groups excluding carboxylic acids is 1. The van der Waals surface area contributed by atoms with Crippen LogP contribution in [0.4, 0.5) is 5.69 Å². The van der Waals surface area contributed by atoms with Crippen molar-refractivity contribution in [3.63, 3.8) is 0 Å². The highest BCUT2D eigenvalue weighted by Crippen LogP contribution is 2.10. The van der Waals surface area contributed by atoms with Crippen LogP contribution in [0.25, 0.3) is 0 Å². The molecule has 13 heavy (non-hydrogen) atoms. The number of carbonyl (C=O) groups is 1. The molecule has 1 aromatic rings. The van der Waals surface area contributed by atoms with Crippen molar-refractivity contribution in [2.24, 2.45) is 0 Å². The minimum atomic E-state index is 0.0352. The van der Waals surface area contributed by atoms with Crippen molar-refractivity contribution in [2.45, 2.75) is 0 Å². The molecule has 0 aromatic heterocycles. The van der Waals surface area contributed by atoms with Crippen LogP contribution in [0.15, 0.2) is 30.3 Å². The second-order valence-corrected chi connectivity index (χ2v) is 3.13. The summed E-state index contributed by atoms with van der Waals surface area (Å²) in [7, 11) is 1.87. The molecule has 0 spiro atoms. The Morgan fingerprint density at radius 3 is 2.54 bits per heavy atom. The van der Waals surface area contributed by atoms with Crippen molar-refractivity contribution in [2.75, 3.05) is 24.4 Å². The molecule has 0 aliphatic heterocycles. The van der Waals surface area contributed by atoms with Crippen LogP contribution in [-0.2, 0) is 4.79 Å². The number of rotatable bonds is 4. The van der Waals surface area contributed by atoms with E-state index in [-0.39, 0.29) is 11.7 Å². The molecule has 70 valence electrons. The molecule has 0 fully saturated rings. The van der Waals surface area contributed by atoms with Crippen LogP contribution in [0, 0.1) is 0 Å². The highest BCUT2D eigenvalue weighted by Gasteiger charge is 2.04. The Hall–Kier alpha value is -1.02. The maximum absolute atomic E-state index is 11.0. The first-order valence-corrected chi connectivity index (χ1v) is 4.61. The van der Waals surface area contributed by atoms with Crippen LogP contribution in [0.3, 0.4) is 0 Å². The van der Waals surface area contributed by atoms with Gasteiger partial charge in [-0.1, -0.05) is 18.2 Å². The van der Waals surface area contributed by atoms with Gasteiger partial charge in [0.15, 0.2) is 5.78 Å². The molecule has 0 amide bonds. The van der Waals surface area contributed by atoms with Gasteiger partial charge in [-0.3, -0.25) is 4.79 Å². The number of para-hydroxylation sites is 1. The molecular weight excluding hydrogens is 186 g/mol. The number of alkyl halides is 1. The number of likely N-dealkylation sites (N-methyl/N-ethyl adjacent to an activating group) is 1. The van der Waals surface area contributed by atoms with Gasteiger partial charge in [0.1, 0.15) is 0 Å². The van der Waals surface area contributed by atoms with Crippen LogP contribution in [0.5, 0.6) is 0 Å². The lowest BCUT2D eigenvalue weighted by atomic mass is 10.3. The number of hydrogen-bond donors (Lipinski definition) is 0. The highest BCUT2D eigenvalue weighted by molar-refractivity contribution is 6.28. The SMILES string of the molecule is CN(CC(=O)CCl)c1ccccc1. The molecule has 0 radical (unpaired) electrons. The summed E-state index contributed by atoms with van der Waals surface area (Å²) in [6.07, 6.45) is 0. The van der Waals surface area contributed by atoms with E-state index in [9.17, 15) is 4.79 Å². The van der Waals surface area contributed by atoms with Crippen molar-refractivity contribution in [1.29, 1.82) is 0 Å². The molecule has 0 unspecified atom stereocenters. The van der Waals surface area contributed by atoms with Gasteiger partial charge in [0.25, 0.3) is 0 Å². The smallest absolute Gasteiger partial charge is 0.166 e. The number of benzene rings is 1. The fourth-order valence-corrected chi connectivity index (χ4v) is 1.17. The molecule has 0 aliphatic carbocycles. The van der Waals surface area contributed by atoms with Gasteiger partial charge < -0.3 is 4.90 Å². The van der Waals surface area contributed by atoms with E-state index in [4.69, 9.17) is 11.6 Å². The minimum absolute atomic E-state index is 0.0352. The van der Waals surface area contributed by atoms with Crippen molar-refractivity contribution in [1.82, 2.24) is 0 Å². The zero-order valence-electron chi connectivity index (χ0n) is 7.53. The summed E-state index contributed by atoms with van der Waals surface area (Å²) in [5.41, 5.74) is 1.03. The topological polar surface area (TPSA) is 20.3 Å². The fraction of sp³-hybridized carbons (Fsp3) is 0.300. The lowest BCUT2D eigenvalue weighted by molar-refractivity contribution is -0.115. The Morgan fingerprint density at radius 1 is 1.38 bits per heavy atom. The van der Waals surface area contributed by atoms with Crippen LogP contribution < -0.4 is 4.90 Å². The Bertz CT molecular complexity index is 274. The average molecular weight is 198 g/mol. The van der Waals surface area contributed by atoms with Gasteiger partial charge in [-0.05, 0) is 12.1 Å². The molecule has 0 heterocycles. The molecule has 2 nitrogen and oxygen atoms in total. The summed E-state index contributed by atoms with van der Waals surface area (Å²) >= 11 is 5.41. The first kappa shape index (κ1) is 10.1. The van der Waals surface area contributed by atoms with Gasteiger partial charge in [-0.2, -0.15) is 0 Å². The van der Waals surface area contributed by atoms with Crippen LogP contribution >= 0.6 is 11.6 Å². The number of nitrogens with zero attached hydrogens (tertiary/aromatic N) is 1. The summed E-state index contributed by atoms with van der Waals surface area (Å²) in [4.78, 5) is 12.9. The van der Waals surface area contributed by atoms with E-state index >= 15 is 0 Å². The summed E-state index contributed by atoms with van der Waals surface area (Å²) < 4.78 is 0. The summed E-state index contributed by atoms with van der Waals surface area (Å²) in [6, 6.07) is 9.75. The van der Waals surface area contributed by atoms with Gasteiger partial charge in [0.2, 0.25) is 0 Å². The van der Waals surface area contributed by atoms with E-state index in [2.05, 4.69) is 0 Å². The van der Waals surface area contributed by atoms with Crippen molar-refractivity contribution < 1.29 is 4.79 Å². The third kappa shape index (κ3) is 3.07. The predicted octanol–water partition coefficient (Wildman–Crippen LogP) is 1.93. The van der Waals surface area contributed by atoms with E-state index in [1.54, 1.807) is 0 Å². The molecule has 0 saturated heterocycles. The molecule has 0 atom stereocenters. The second kappa shape index (κ2) is 4.87. The number of anilines is 1. The fourth-order valence-electron chi connectivity index (χ4n) is 1.08. The molecular formula is C10H12ClNO. The third-order valence-electron chi connectivity index (χ3n) is 1.76. The first-order valence-electron chi connectivity index (χ1n) is 4.08. The zero-order chi connectivity index (χ0) is 9.68. The van der Waals surface area contributed by atoms with E-state index in [0.717, 1.165) is 5.69 Å². The summed E-state index contributed by atoms with van der Waals surface area (Å²) in [5.74, 6) is 0.116. The van der Waals surface area contributed by atoms with E-state index in [1.165, 1.54) is 0 Å². The quantitative estimate of drug-likeness (QED) is 0.688. The summed E-state index contributed by atoms with van der Waals surface area (Å²) in [6.45, 7) is 0.369. The Labute approximate surface area is 83.1 Å². The van der Waals surface area contributed by atoms with Crippen molar-refractivity contribution >= 4 is 23.1 Å². The van der Waals surface area contributed by atoms with Crippen molar-refractivity contribution in [3.05, 3.63) is 30.3 Å². The lowest BCUT2D eigenvalue weighted by Crippen LogP contribution is -2.26. The number of hydrogen-bond acceptors (Lipinski definition) is 2. The van der Waals surface area contributed by atoms with Crippen LogP contribution in [0.2, 0.25) is 0 Å². The number of Topliss-reactive ketones (excluding diaryl/α,β-unsaturated/α-hetero) is 1. The van der Waals surface area contributed by atoms with E-state index < -0.39 is 0 Å². The maximum Gasteiger partial charge on any atom is 0.166 e. The number of halogens is 1. The second-order valence-electron chi connectivity index (χ2n) is 2.86. The van der Waals surface area contributed by atoms with E-state index in [0.29, 0.717) is 6.54 Å². The van der Waals surface area contributed by atoms with Crippen LogP contribution in [0.1, 0.15) is 0 Å². The monoisotopic (exact) mass is 197 g/mol. The van der Waals surface area contributed by atoms with Gasteiger partial charge in [0, 0.05) is 12.7 Å². The molecule has 0 N–H and O–H groups in total. The molecule has 3 heteroatoms. The van der Waals surface area contributed by atoms with Crippen LogP contribution in [-0.4, -0.2) is 25.3 Å². The Morgan fingerprint density at radius 2 is 2.00 bits per heavy atom. The standard InChI is InChI=1S/C10H12ClNO/c1-12(8-10(13)7-11)9-5-3-2-4-6-9/h2-6H,7-8H2,1H3. The zero-order valence-corrected chi connectivity index (χ0v) is 8.29. The summed E-state index contributed by atoms with van der Waals surface area (Å²) in [5, 5.41) is 0. The molecule has 0 aliphatic rings. The van der Waals surface area contributed by atoms with Crippen molar-refractivity contribution in [3.8, 4) is 0 Å². The number of ketones is 1. The van der Waals surface area contributed by atoms with E-state index in [1.807, 2.05) is 42.3 Å². The maximum atomic E-state index is 11.0. The predicted molar refractivity (Wildman–Crippen MR) is 55.4 cm³/mol. The van der Waals surface area contributed by atoms with Gasteiger partial charge in [-0.25, -0.2) is 0 Å². The molecule has 1 aromatic carbocycles. The minimum Gasteiger partial charge on any atom is -0.367 e.